The van der Waals surface area contributed by atoms with E-state index < -0.39 is 0 Å². The van der Waals surface area contributed by atoms with Gasteiger partial charge in [0.25, 0.3) is 0 Å². The molecule has 0 amide bonds. The lowest BCUT2D eigenvalue weighted by Crippen LogP contribution is -2.18. The van der Waals surface area contributed by atoms with Crippen LogP contribution in [0.4, 0.5) is 0 Å². The SMILES string of the molecule is C=C(/C=C\C=C/C)c1nc(-c2ccc(-c3ccccc3)cc2)nc(-c2ccc(C(C)(C)c3ccc(-c4cccc(-c5ccccc5)c4)cc3)cc2)n1. The van der Waals surface area contributed by atoms with Crippen molar-refractivity contribution in [1.82, 2.24) is 15.0 Å². The molecule has 3 nitrogen and oxygen atoms in total. The van der Waals surface area contributed by atoms with E-state index >= 15 is 0 Å². The third kappa shape index (κ3) is 7.50. The van der Waals surface area contributed by atoms with Crippen molar-refractivity contribution in [2.24, 2.45) is 0 Å². The van der Waals surface area contributed by atoms with Crippen LogP contribution in [-0.2, 0) is 5.41 Å². The van der Waals surface area contributed by atoms with Gasteiger partial charge in [-0.1, -0.05) is 196 Å². The van der Waals surface area contributed by atoms with E-state index in [0.29, 0.717) is 17.5 Å². The summed E-state index contributed by atoms with van der Waals surface area (Å²) in [6.45, 7) is 10.8. The summed E-state index contributed by atoms with van der Waals surface area (Å²) in [5, 5.41) is 0. The second-order valence-corrected chi connectivity index (χ2v) is 13.4. The molecule has 0 fully saturated rings. The van der Waals surface area contributed by atoms with E-state index in [2.05, 4.69) is 172 Å². The Morgan fingerprint density at radius 3 is 1.38 bits per heavy atom. The number of hydrogen-bond acceptors (Lipinski definition) is 3. The molecule has 0 aliphatic heterocycles. The van der Waals surface area contributed by atoms with Crippen LogP contribution in [0.1, 0.15) is 37.7 Å². The molecule has 1 heterocycles. The fraction of sp³-hybridized carbons (Fsp3) is 0.0816. The van der Waals surface area contributed by atoms with Crippen molar-refractivity contribution in [3.63, 3.8) is 0 Å². The third-order valence-electron chi connectivity index (χ3n) is 9.55. The lowest BCUT2D eigenvalue weighted by atomic mass is 9.77. The Morgan fingerprint density at radius 2 is 0.865 bits per heavy atom. The Morgan fingerprint density at radius 1 is 0.462 bits per heavy atom. The maximum absolute atomic E-state index is 4.97. The van der Waals surface area contributed by atoms with Crippen molar-refractivity contribution in [2.75, 3.05) is 0 Å². The van der Waals surface area contributed by atoms with Gasteiger partial charge in [0.2, 0.25) is 0 Å². The number of hydrogen-bond donors (Lipinski definition) is 0. The first-order valence-corrected chi connectivity index (χ1v) is 17.7. The summed E-state index contributed by atoms with van der Waals surface area (Å²) in [5.41, 5.74) is 12.0. The first-order chi connectivity index (χ1) is 25.4. The van der Waals surface area contributed by atoms with Gasteiger partial charge in [0.1, 0.15) is 0 Å². The quantitative estimate of drug-likeness (QED) is 0.136. The Kier molecular flexibility index (Phi) is 9.95. The van der Waals surface area contributed by atoms with E-state index in [4.69, 9.17) is 15.0 Å². The highest BCUT2D eigenvalue weighted by atomic mass is 15.0. The van der Waals surface area contributed by atoms with Gasteiger partial charge in [-0.2, -0.15) is 0 Å². The maximum Gasteiger partial charge on any atom is 0.164 e. The first-order valence-electron chi connectivity index (χ1n) is 17.7. The summed E-state index contributed by atoms with van der Waals surface area (Å²) in [5.74, 6) is 1.77. The average molecular weight is 672 g/mol. The van der Waals surface area contributed by atoms with Crippen LogP contribution in [0.2, 0.25) is 0 Å². The lowest BCUT2D eigenvalue weighted by Gasteiger charge is -2.26. The van der Waals surface area contributed by atoms with Gasteiger partial charge in [-0.05, 0) is 57.5 Å². The molecule has 0 radical (unpaired) electrons. The zero-order valence-corrected chi connectivity index (χ0v) is 29.9. The second kappa shape index (κ2) is 15.2. The summed E-state index contributed by atoms with van der Waals surface area (Å²) >= 11 is 0. The van der Waals surface area contributed by atoms with Crippen LogP contribution >= 0.6 is 0 Å². The molecular weight excluding hydrogens is 631 g/mol. The van der Waals surface area contributed by atoms with Crippen LogP contribution in [0.15, 0.2) is 189 Å². The smallest absolute Gasteiger partial charge is 0.164 e. The topological polar surface area (TPSA) is 38.7 Å². The van der Waals surface area contributed by atoms with Gasteiger partial charge in [0, 0.05) is 22.1 Å². The predicted molar refractivity (Wildman–Crippen MR) is 219 cm³/mol. The molecular formula is C49H41N3. The van der Waals surface area contributed by atoms with E-state index in [1.165, 1.54) is 38.9 Å². The largest absolute Gasteiger partial charge is 0.208 e. The Labute approximate surface area is 307 Å². The third-order valence-corrected chi connectivity index (χ3v) is 9.55. The van der Waals surface area contributed by atoms with Gasteiger partial charge in [0.05, 0.1) is 0 Å². The second-order valence-electron chi connectivity index (χ2n) is 13.4. The molecule has 7 aromatic rings. The minimum Gasteiger partial charge on any atom is -0.208 e. The normalized spacial score (nSPS) is 11.7. The number of benzene rings is 6. The standard InChI is InChI=1S/C49H41N3/c1-5-6-9-15-35(2)46-50-47(40-24-22-38(23-25-40)36-16-10-7-11-17-36)52-48(51-46)41-28-32-45(33-29-41)49(3,4)44-30-26-39(27-31-44)43-21-14-20-42(34-43)37-18-12-8-13-19-37/h5-34H,2H2,1,3-4H3/b6-5-,15-9-. The molecule has 3 heteroatoms. The fourth-order valence-electron chi connectivity index (χ4n) is 6.37. The zero-order chi connectivity index (χ0) is 35.9. The molecule has 0 bridgehead atoms. The molecule has 0 N–H and O–H groups in total. The number of aromatic nitrogens is 3. The molecule has 7 rings (SSSR count). The highest BCUT2D eigenvalue weighted by Crippen LogP contribution is 2.35. The first kappa shape index (κ1) is 34.0. The van der Waals surface area contributed by atoms with Crippen LogP contribution in [0, 0.1) is 0 Å². The van der Waals surface area contributed by atoms with Crippen molar-refractivity contribution in [1.29, 1.82) is 0 Å². The molecule has 0 spiro atoms. The monoisotopic (exact) mass is 671 g/mol. The Bertz CT molecular complexity index is 2350. The molecule has 0 unspecified atom stereocenters. The Balaban J connectivity index is 1.16. The van der Waals surface area contributed by atoms with Crippen molar-refractivity contribution < 1.29 is 0 Å². The van der Waals surface area contributed by atoms with E-state index in [1.54, 1.807) is 0 Å². The summed E-state index contributed by atoms with van der Waals surface area (Å²) in [6, 6.07) is 55.5. The summed E-state index contributed by atoms with van der Waals surface area (Å²) in [7, 11) is 0. The highest BCUT2D eigenvalue weighted by molar-refractivity contribution is 5.74. The average Bonchev–Trinajstić information content (AvgIpc) is 3.21. The van der Waals surface area contributed by atoms with Crippen LogP contribution in [-0.4, -0.2) is 15.0 Å². The van der Waals surface area contributed by atoms with Gasteiger partial charge in [-0.3, -0.25) is 0 Å². The summed E-state index contributed by atoms with van der Waals surface area (Å²) in [4.78, 5) is 14.7. The highest BCUT2D eigenvalue weighted by Gasteiger charge is 2.23. The van der Waals surface area contributed by atoms with E-state index in [0.717, 1.165) is 22.3 Å². The molecule has 0 saturated heterocycles. The van der Waals surface area contributed by atoms with Crippen molar-refractivity contribution in [3.8, 4) is 56.2 Å². The molecule has 0 atom stereocenters. The van der Waals surface area contributed by atoms with E-state index in [-0.39, 0.29) is 5.41 Å². The van der Waals surface area contributed by atoms with Gasteiger partial charge < -0.3 is 0 Å². The van der Waals surface area contributed by atoms with Crippen LogP contribution < -0.4 is 0 Å². The minimum absolute atomic E-state index is 0.218. The van der Waals surface area contributed by atoms with Crippen molar-refractivity contribution >= 4 is 5.57 Å². The number of rotatable bonds is 10. The van der Waals surface area contributed by atoms with Gasteiger partial charge in [-0.25, -0.2) is 15.0 Å². The van der Waals surface area contributed by atoms with Gasteiger partial charge >= 0.3 is 0 Å². The molecule has 0 aliphatic carbocycles. The summed E-state index contributed by atoms with van der Waals surface area (Å²) < 4.78 is 0. The minimum atomic E-state index is -0.218. The maximum atomic E-state index is 4.97. The van der Waals surface area contributed by atoms with Gasteiger partial charge in [-0.15, -0.1) is 0 Å². The van der Waals surface area contributed by atoms with Crippen LogP contribution in [0.3, 0.4) is 0 Å². The number of allylic oxidation sites excluding steroid dienone is 5. The summed E-state index contributed by atoms with van der Waals surface area (Å²) in [6.07, 6.45) is 7.82. The Hall–Kier alpha value is -6.45. The van der Waals surface area contributed by atoms with E-state index in [9.17, 15) is 0 Å². The van der Waals surface area contributed by atoms with E-state index in [1.807, 2.05) is 37.3 Å². The predicted octanol–water partition coefficient (Wildman–Crippen LogP) is 12.7. The van der Waals surface area contributed by atoms with Crippen molar-refractivity contribution in [3.05, 3.63) is 206 Å². The lowest BCUT2D eigenvalue weighted by molar-refractivity contribution is 0.641. The molecule has 0 aliphatic rings. The van der Waals surface area contributed by atoms with Crippen molar-refractivity contribution in [2.45, 2.75) is 26.2 Å². The fourth-order valence-corrected chi connectivity index (χ4v) is 6.37. The van der Waals surface area contributed by atoms with Crippen LogP contribution in [0.5, 0.6) is 0 Å². The van der Waals surface area contributed by atoms with Gasteiger partial charge in [0.15, 0.2) is 17.5 Å². The molecule has 6 aromatic carbocycles. The molecule has 0 saturated carbocycles. The number of nitrogens with zero attached hydrogens (tertiary/aromatic N) is 3. The molecule has 52 heavy (non-hydrogen) atoms. The zero-order valence-electron chi connectivity index (χ0n) is 29.9. The molecule has 252 valence electrons. The molecule has 1 aromatic heterocycles. The van der Waals surface area contributed by atoms with Crippen LogP contribution in [0.25, 0.3) is 61.7 Å².